The lowest BCUT2D eigenvalue weighted by Gasteiger charge is -2.17. The maximum absolute atomic E-state index is 11.9. The first kappa shape index (κ1) is 10.1. The van der Waals surface area contributed by atoms with Crippen molar-refractivity contribution in [2.24, 2.45) is 5.92 Å². The number of phenolic OH excluding ortho intramolecular Hbond substituents is 1. The number of hydrogen-bond acceptors (Lipinski definition) is 4. The topological polar surface area (TPSA) is 63.6 Å². The van der Waals surface area contributed by atoms with Crippen LogP contribution in [0.4, 0.5) is 0 Å². The number of rotatable bonds is 0. The van der Waals surface area contributed by atoms with Gasteiger partial charge in [-0.3, -0.25) is 9.59 Å². The van der Waals surface area contributed by atoms with Crippen LogP contribution in [0.15, 0.2) is 23.8 Å². The van der Waals surface area contributed by atoms with Gasteiger partial charge in [-0.1, -0.05) is 19.1 Å². The summed E-state index contributed by atoms with van der Waals surface area (Å²) in [5.41, 5.74) is 1.02. The van der Waals surface area contributed by atoms with Gasteiger partial charge in [0.25, 0.3) is 0 Å². The van der Waals surface area contributed by atoms with E-state index in [1.54, 1.807) is 12.1 Å². The highest BCUT2D eigenvalue weighted by Gasteiger charge is 2.41. The van der Waals surface area contributed by atoms with Gasteiger partial charge in [0.2, 0.25) is 11.6 Å². The van der Waals surface area contributed by atoms with Crippen molar-refractivity contribution < 1.29 is 19.4 Å². The summed E-state index contributed by atoms with van der Waals surface area (Å²) in [6.45, 7) is 2.25. The van der Waals surface area contributed by atoms with E-state index in [4.69, 9.17) is 4.74 Å². The van der Waals surface area contributed by atoms with Crippen LogP contribution >= 0.6 is 0 Å². The van der Waals surface area contributed by atoms with Gasteiger partial charge in [-0.15, -0.1) is 0 Å². The van der Waals surface area contributed by atoms with Crippen molar-refractivity contribution in [3.63, 3.8) is 0 Å². The standard InChI is InChI=1S/C13H10O4/c1-6-5-17-13-7-3-2-4-8(14)10(7)12(16)11(15)9(6)13/h2-4,6,14H,5H2,1H3. The Morgan fingerprint density at radius 1 is 1.29 bits per heavy atom. The first-order chi connectivity index (χ1) is 8.11. The predicted molar refractivity (Wildman–Crippen MR) is 59.5 cm³/mol. The van der Waals surface area contributed by atoms with Gasteiger partial charge < -0.3 is 9.84 Å². The molecule has 4 nitrogen and oxygen atoms in total. The minimum Gasteiger partial charge on any atom is -0.507 e. The zero-order chi connectivity index (χ0) is 12.2. The Kier molecular flexibility index (Phi) is 1.90. The highest BCUT2D eigenvalue weighted by molar-refractivity contribution is 6.53. The lowest BCUT2D eigenvalue weighted by molar-refractivity contribution is -0.112. The number of aromatic hydroxyl groups is 1. The van der Waals surface area contributed by atoms with Gasteiger partial charge in [-0.25, -0.2) is 0 Å². The molecule has 0 amide bonds. The first-order valence-corrected chi connectivity index (χ1v) is 5.39. The fourth-order valence-electron chi connectivity index (χ4n) is 2.35. The van der Waals surface area contributed by atoms with Crippen LogP contribution in [0.1, 0.15) is 22.8 Å². The fraction of sp³-hybridized carbons (Fsp3) is 0.231. The van der Waals surface area contributed by atoms with E-state index in [9.17, 15) is 14.7 Å². The quantitative estimate of drug-likeness (QED) is 0.686. The van der Waals surface area contributed by atoms with Crippen molar-refractivity contribution in [1.82, 2.24) is 0 Å². The second-order valence-electron chi connectivity index (χ2n) is 4.31. The third-order valence-corrected chi connectivity index (χ3v) is 3.18. The second-order valence-corrected chi connectivity index (χ2v) is 4.31. The van der Waals surface area contributed by atoms with Crippen LogP contribution < -0.4 is 0 Å². The van der Waals surface area contributed by atoms with E-state index in [1.165, 1.54) is 6.07 Å². The van der Waals surface area contributed by atoms with Crippen molar-refractivity contribution in [2.45, 2.75) is 6.92 Å². The number of benzene rings is 1. The average molecular weight is 230 g/mol. The van der Waals surface area contributed by atoms with Crippen LogP contribution in [0.5, 0.6) is 5.75 Å². The number of carbonyl (C=O) groups is 2. The van der Waals surface area contributed by atoms with Gasteiger partial charge >= 0.3 is 0 Å². The summed E-state index contributed by atoms with van der Waals surface area (Å²) >= 11 is 0. The molecule has 1 unspecified atom stereocenters. The molecule has 1 N–H and O–H groups in total. The molecule has 4 heteroatoms. The Morgan fingerprint density at radius 3 is 2.82 bits per heavy atom. The largest absolute Gasteiger partial charge is 0.507 e. The Bertz CT molecular complexity index is 583. The van der Waals surface area contributed by atoms with Crippen molar-refractivity contribution in [3.8, 4) is 5.75 Å². The predicted octanol–water partition coefficient (Wildman–Crippen LogP) is 1.53. The SMILES string of the molecule is CC1COC2=C1C(=O)C(=O)c1c(O)cccc12. The minimum absolute atomic E-state index is 0.0605. The summed E-state index contributed by atoms with van der Waals surface area (Å²) in [4.78, 5) is 23.9. The fourth-order valence-corrected chi connectivity index (χ4v) is 2.35. The van der Waals surface area contributed by atoms with E-state index in [2.05, 4.69) is 0 Å². The molecule has 0 aromatic heterocycles. The molecule has 17 heavy (non-hydrogen) atoms. The maximum Gasteiger partial charge on any atom is 0.237 e. The van der Waals surface area contributed by atoms with Gasteiger partial charge in [-0.05, 0) is 6.07 Å². The van der Waals surface area contributed by atoms with E-state index < -0.39 is 11.6 Å². The molecule has 2 aliphatic rings. The van der Waals surface area contributed by atoms with Gasteiger partial charge in [0, 0.05) is 11.5 Å². The molecule has 1 aliphatic carbocycles. The molecule has 0 spiro atoms. The number of ether oxygens (including phenoxy) is 1. The average Bonchev–Trinajstić information content (AvgIpc) is 2.68. The van der Waals surface area contributed by atoms with Crippen LogP contribution in [0.2, 0.25) is 0 Å². The minimum atomic E-state index is -0.644. The number of carbonyl (C=O) groups excluding carboxylic acids is 2. The summed E-state index contributed by atoms with van der Waals surface area (Å²) in [6.07, 6.45) is 0. The molecule has 0 bridgehead atoms. The van der Waals surface area contributed by atoms with Crippen LogP contribution in [0.3, 0.4) is 0 Å². The highest BCUT2D eigenvalue weighted by atomic mass is 16.5. The lowest BCUT2D eigenvalue weighted by Crippen LogP contribution is -2.24. The van der Waals surface area contributed by atoms with Crippen molar-refractivity contribution in [1.29, 1.82) is 0 Å². The van der Waals surface area contributed by atoms with Crippen molar-refractivity contribution in [3.05, 3.63) is 34.9 Å². The van der Waals surface area contributed by atoms with Gasteiger partial charge in [-0.2, -0.15) is 0 Å². The third kappa shape index (κ3) is 1.18. The van der Waals surface area contributed by atoms with E-state index in [0.717, 1.165) is 0 Å². The van der Waals surface area contributed by atoms with Crippen LogP contribution in [-0.4, -0.2) is 23.3 Å². The molecule has 0 radical (unpaired) electrons. The lowest BCUT2D eigenvalue weighted by atomic mass is 9.84. The smallest absolute Gasteiger partial charge is 0.237 e. The Labute approximate surface area is 97.5 Å². The molecule has 86 valence electrons. The Balaban J connectivity index is 2.34. The summed E-state index contributed by atoms with van der Waals surface area (Å²) < 4.78 is 5.46. The molecule has 0 saturated heterocycles. The van der Waals surface area contributed by atoms with Crippen molar-refractivity contribution in [2.75, 3.05) is 6.61 Å². The number of Topliss-reactive ketones (excluding diaryl/α,β-unsaturated/α-hetero) is 2. The zero-order valence-corrected chi connectivity index (χ0v) is 9.19. The van der Waals surface area contributed by atoms with E-state index in [1.807, 2.05) is 6.92 Å². The molecule has 0 saturated carbocycles. The molecule has 1 atom stereocenters. The molecule has 0 fully saturated rings. The van der Waals surface area contributed by atoms with Gasteiger partial charge in [0.1, 0.15) is 11.5 Å². The second kappa shape index (κ2) is 3.20. The molecule has 1 aromatic carbocycles. The normalized spacial score (nSPS) is 22.3. The van der Waals surface area contributed by atoms with E-state index in [0.29, 0.717) is 23.5 Å². The third-order valence-electron chi connectivity index (χ3n) is 3.18. The van der Waals surface area contributed by atoms with Crippen LogP contribution in [0, 0.1) is 5.92 Å². The summed E-state index contributed by atoms with van der Waals surface area (Å²) in [5, 5.41) is 9.68. The molecule has 1 heterocycles. The monoisotopic (exact) mass is 230 g/mol. The maximum atomic E-state index is 11.9. The summed E-state index contributed by atoms with van der Waals surface area (Å²) in [7, 11) is 0. The van der Waals surface area contributed by atoms with Crippen LogP contribution in [-0.2, 0) is 9.53 Å². The molecule has 1 aromatic rings. The summed E-state index contributed by atoms with van der Waals surface area (Å²) in [6, 6.07) is 4.72. The summed E-state index contributed by atoms with van der Waals surface area (Å²) in [5.74, 6) is -0.992. The molecular weight excluding hydrogens is 220 g/mol. The van der Waals surface area contributed by atoms with E-state index >= 15 is 0 Å². The number of hydrogen-bond donors (Lipinski definition) is 1. The van der Waals surface area contributed by atoms with Gasteiger partial charge in [0.15, 0.2) is 0 Å². The molecule has 1 aliphatic heterocycles. The van der Waals surface area contributed by atoms with Gasteiger partial charge in [0.05, 0.1) is 17.7 Å². The highest BCUT2D eigenvalue weighted by Crippen LogP contribution is 2.41. The Hall–Kier alpha value is -2.10. The number of phenols is 1. The van der Waals surface area contributed by atoms with E-state index in [-0.39, 0.29) is 17.2 Å². The molecule has 3 rings (SSSR count). The molecular formula is C13H10O4. The number of fused-ring (bicyclic) bond motifs is 2. The Morgan fingerprint density at radius 2 is 2.06 bits per heavy atom. The zero-order valence-electron chi connectivity index (χ0n) is 9.19. The number of ketones is 2. The van der Waals surface area contributed by atoms with Crippen molar-refractivity contribution >= 4 is 17.3 Å². The van der Waals surface area contributed by atoms with Crippen LogP contribution in [0.25, 0.3) is 5.76 Å². The first-order valence-electron chi connectivity index (χ1n) is 5.39.